The Morgan fingerprint density at radius 1 is 1.44 bits per heavy atom. The van der Waals surface area contributed by atoms with Gasteiger partial charge in [-0.15, -0.1) is 0 Å². The molecule has 0 fully saturated rings. The molecular formula is C14H22BrNOS. The summed E-state index contributed by atoms with van der Waals surface area (Å²) in [7, 11) is 1.73. The monoisotopic (exact) mass is 331 g/mol. The smallest absolute Gasteiger partial charge is 0.122 e. The largest absolute Gasteiger partial charge is 0.496 e. The van der Waals surface area contributed by atoms with Gasteiger partial charge >= 0.3 is 0 Å². The molecule has 0 saturated carbocycles. The van der Waals surface area contributed by atoms with Crippen LogP contribution in [0.4, 0.5) is 0 Å². The fourth-order valence-electron chi connectivity index (χ4n) is 2.00. The predicted molar refractivity (Wildman–Crippen MR) is 84.9 cm³/mol. The number of rotatable bonds is 8. The zero-order chi connectivity index (χ0) is 13.4. The Kier molecular flexibility index (Phi) is 7.79. The van der Waals surface area contributed by atoms with Gasteiger partial charge in [0.25, 0.3) is 0 Å². The van der Waals surface area contributed by atoms with E-state index in [0.717, 1.165) is 23.2 Å². The lowest BCUT2D eigenvalue weighted by molar-refractivity contribution is 0.404. The van der Waals surface area contributed by atoms with Crippen LogP contribution < -0.4 is 10.1 Å². The first-order chi connectivity index (χ1) is 8.71. The van der Waals surface area contributed by atoms with Crippen molar-refractivity contribution in [3.8, 4) is 5.75 Å². The van der Waals surface area contributed by atoms with Crippen LogP contribution in [0.5, 0.6) is 5.75 Å². The van der Waals surface area contributed by atoms with Gasteiger partial charge in [-0.25, -0.2) is 0 Å². The van der Waals surface area contributed by atoms with E-state index < -0.39 is 0 Å². The molecule has 1 atom stereocenters. The summed E-state index contributed by atoms with van der Waals surface area (Å²) in [5, 5.41) is 3.55. The van der Waals surface area contributed by atoms with Crippen LogP contribution in [0.3, 0.4) is 0 Å². The second-order valence-corrected chi connectivity index (χ2v) is 6.10. The van der Waals surface area contributed by atoms with Gasteiger partial charge in [-0.05, 0) is 55.2 Å². The minimum atomic E-state index is 0.519. The average Bonchev–Trinajstić information content (AvgIpc) is 2.36. The molecule has 1 rings (SSSR count). The quantitative estimate of drug-likeness (QED) is 0.784. The Hall–Kier alpha value is -0.190. The summed E-state index contributed by atoms with van der Waals surface area (Å²) in [5.41, 5.74) is 1.26. The molecule has 0 spiro atoms. The van der Waals surface area contributed by atoms with E-state index in [9.17, 15) is 0 Å². The van der Waals surface area contributed by atoms with E-state index in [1.54, 1.807) is 7.11 Å². The minimum Gasteiger partial charge on any atom is -0.496 e. The van der Waals surface area contributed by atoms with Crippen LogP contribution in [0.2, 0.25) is 0 Å². The molecular weight excluding hydrogens is 310 g/mol. The van der Waals surface area contributed by atoms with E-state index in [1.807, 2.05) is 23.9 Å². The molecule has 1 N–H and O–H groups in total. The number of likely N-dealkylation sites (N-methyl/N-ethyl adjacent to an activating group) is 1. The first kappa shape index (κ1) is 15.9. The topological polar surface area (TPSA) is 21.3 Å². The van der Waals surface area contributed by atoms with Crippen molar-refractivity contribution < 1.29 is 4.74 Å². The van der Waals surface area contributed by atoms with Crippen LogP contribution in [0.15, 0.2) is 22.7 Å². The number of hydrogen-bond acceptors (Lipinski definition) is 3. The van der Waals surface area contributed by atoms with Crippen LogP contribution in [0, 0.1) is 0 Å². The van der Waals surface area contributed by atoms with E-state index in [2.05, 4.69) is 40.5 Å². The summed E-state index contributed by atoms with van der Waals surface area (Å²) < 4.78 is 6.54. The SMILES string of the molecule is CCNC(CCSC)Cc1cc(Br)ccc1OC. The van der Waals surface area contributed by atoms with Crippen molar-refractivity contribution in [3.63, 3.8) is 0 Å². The molecule has 0 aliphatic carbocycles. The second-order valence-electron chi connectivity index (χ2n) is 4.20. The fraction of sp³-hybridized carbons (Fsp3) is 0.571. The number of ether oxygens (including phenoxy) is 1. The Labute approximate surface area is 123 Å². The van der Waals surface area contributed by atoms with Crippen LogP contribution in [0.25, 0.3) is 0 Å². The lowest BCUT2D eigenvalue weighted by Crippen LogP contribution is -2.31. The number of halogens is 1. The number of thioether (sulfide) groups is 1. The van der Waals surface area contributed by atoms with Gasteiger partial charge in [0, 0.05) is 10.5 Å². The van der Waals surface area contributed by atoms with Crippen molar-refractivity contribution >= 4 is 27.7 Å². The molecule has 1 unspecified atom stereocenters. The summed E-state index contributed by atoms with van der Waals surface area (Å²) in [5.74, 6) is 2.17. The predicted octanol–water partition coefficient (Wildman–Crippen LogP) is 3.73. The van der Waals surface area contributed by atoms with Gasteiger partial charge in [-0.3, -0.25) is 0 Å². The third-order valence-electron chi connectivity index (χ3n) is 2.87. The molecule has 0 aliphatic heterocycles. The first-order valence-electron chi connectivity index (χ1n) is 6.26. The zero-order valence-corrected chi connectivity index (χ0v) is 13.7. The third-order valence-corrected chi connectivity index (χ3v) is 4.01. The van der Waals surface area contributed by atoms with E-state index in [4.69, 9.17) is 4.74 Å². The highest BCUT2D eigenvalue weighted by atomic mass is 79.9. The molecule has 0 amide bonds. The minimum absolute atomic E-state index is 0.519. The molecule has 0 radical (unpaired) electrons. The summed E-state index contributed by atoms with van der Waals surface area (Å²) in [4.78, 5) is 0. The molecule has 102 valence electrons. The summed E-state index contributed by atoms with van der Waals surface area (Å²) in [6.45, 7) is 3.17. The normalized spacial score (nSPS) is 12.4. The van der Waals surface area contributed by atoms with Crippen LogP contribution in [-0.4, -0.2) is 31.7 Å². The Morgan fingerprint density at radius 2 is 2.22 bits per heavy atom. The van der Waals surface area contributed by atoms with Gasteiger partial charge in [0.2, 0.25) is 0 Å². The second kappa shape index (κ2) is 8.83. The van der Waals surface area contributed by atoms with Gasteiger partial charge in [-0.1, -0.05) is 22.9 Å². The molecule has 0 bridgehead atoms. The van der Waals surface area contributed by atoms with Gasteiger partial charge in [0.15, 0.2) is 0 Å². The maximum absolute atomic E-state index is 5.43. The van der Waals surface area contributed by atoms with Gasteiger partial charge in [0.05, 0.1) is 7.11 Å². The van der Waals surface area contributed by atoms with Crippen molar-refractivity contribution in [3.05, 3.63) is 28.2 Å². The Balaban J connectivity index is 2.74. The zero-order valence-electron chi connectivity index (χ0n) is 11.3. The lowest BCUT2D eigenvalue weighted by atomic mass is 10.0. The molecule has 18 heavy (non-hydrogen) atoms. The van der Waals surface area contributed by atoms with Crippen molar-refractivity contribution in [1.29, 1.82) is 0 Å². The van der Waals surface area contributed by atoms with Crippen molar-refractivity contribution in [2.75, 3.05) is 25.7 Å². The lowest BCUT2D eigenvalue weighted by Gasteiger charge is -2.19. The number of benzene rings is 1. The van der Waals surface area contributed by atoms with Crippen molar-refractivity contribution in [2.45, 2.75) is 25.8 Å². The van der Waals surface area contributed by atoms with Crippen molar-refractivity contribution in [2.24, 2.45) is 0 Å². The summed E-state index contributed by atoms with van der Waals surface area (Å²) in [6.07, 6.45) is 4.35. The highest BCUT2D eigenvalue weighted by Crippen LogP contribution is 2.24. The average molecular weight is 332 g/mol. The van der Waals surface area contributed by atoms with Crippen LogP contribution in [-0.2, 0) is 6.42 Å². The molecule has 4 heteroatoms. The Morgan fingerprint density at radius 3 is 2.83 bits per heavy atom. The van der Waals surface area contributed by atoms with Crippen LogP contribution >= 0.6 is 27.7 Å². The highest BCUT2D eigenvalue weighted by molar-refractivity contribution is 9.10. The molecule has 0 heterocycles. The molecule has 1 aromatic carbocycles. The van der Waals surface area contributed by atoms with Gasteiger partial charge < -0.3 is 10.1 Å². The molecule has 2 nitrogen and oxygen atoms in total. The maximum atomic E-state index is 5.43. The van der Waals surface area contributed by atoms with Crippen LogP contribution in [0.1, 0.15) is 18.9 Å². The first-order valence-corrected chi connectivity index (χ1v) is 8.44. The molecule has 0 aliphatic rings. The number of nitrogens with one attached hydrogen (secondary N) is 1. The summed E-state index contributed by atoms with van der Waals surface area (Å²) >= 11 is 5.43. The number of hydrogen-bond donors (Lipinski definition) is 1. The van der Waals surface area contributed by atoms with Crippen molar-refractivity contribution in [1.82, 2.24) is 5.32 Å². The van der Waals surface area contributed by atoms with Gasteiger partial charge in [0.1, 0.15) is 5.75 Å². The van der Waals surface area contributed by atoms with Gasteiger partial charge in [-0.2, -0.15) is 11.8 Å². The fourth-order valence-corrected chi connectivity index (χ4v) is 2.93. The standard InChI is InChI=1S/C14H22BrNOS/c1-4-16-13(7-8-18-3)10-11-9-12(15)5-6-14(11)17-2/h5-6,9,13,16H,4,7-8,10H2,1-3H3. The third kappa shape index (κ3) is 5.21. The summed E-state index contributed by atoms with van der Waals surface area (Å²) in [6, 6.07) is 6.72. The van der Waals surface area contributed by atoms with E-state index in [0.29, 0.717) is 6.04 Å². The molecule has 0 aromatic heterocycles. The number of methoxy groups -OCH3 is 1. The molecule has 1 aromatic rings. The van der Waals surface area contributed by atoms with E-state index in [-0.39, 0.29) is 0 Å². The van der Waals surface area contributed by atoms with E-state index >= 15 is 0 Å². The van der Waals surface area contributed by atoms with E-state index in [1.165, 1.54) is 17.7 Å². The molecule has 0 saturated heterocycles. The highest BCUT2D eigenvalue weighted by Gasteiger charge is 2.12. The Bertz CT molecular complexity index is 360. The maximum Gasteiger partial charge on any atom is 0.122 e.